The Morgan fingerprint density at radius 3 is 1.66 bits per heavy atom. The van der Waals surface area contributed by atoms with Gasteiger partial charge in [-0.15, -0.1) is 0 Å². The van der Waals surface area contributed by atoms with Crippen LogP contribution in [0.5, 0.6) is 0 Å². The van der Waals surface area contributed by atoms with Gasteiger partial charge in [-0.25, -0.2) is 4.79 Å². The molecule has 0 aromatic rings. The summed E-state index contributed by atoms with van der Waals surface area (Å²) >= 11 is 0. The number of hydrogen-bond acceptors (Lipinski definition) is 6. The minimum absolute atomic E-state index is 0.280. The number of esters is 1. The monoisotopic (exact) mass is 509 g/mol. The van der Waals surface area contributed by atoms with E-state index in [9.17, 15) is 53.1 Å². The third kappa shape index (κ3) is 6.50. The molecule has 1 unspecified atom stereocenters. The van der Waals surface area contributed by atoms with Crippen molar-refractivity contribution in [3.8, 4) is 0 Å². The molecule has 0 fully saturated rings. The summed E-state index contributed by atoms with van der Waals surface area (Å²) < 4.78 is 144. The highest BCUT2D eigenvalue weighted by atomic mass is 32.2. The number of rotatable bonds is 9. The number of nitrogens with zero attached hydrogens (tertiary/aromatic N) is 1. The van der Waals surface area contributed by atoms with Crippen LogP contribution in [0.15, 0.2) is 12.2 Å². The first-order valence-electron chi connectivity index (χ1n) is 8.30. The van der Waals surface area contributed by atoms with Gasteiger partial charge in [0.15, 0.2) is 0 Å². The SMILES string of the molecule is C=C(C(=O)OC(OCC(F)(F)S(=O)(=O)O)(C(=O)N(C(C)C)C(C)C)C(F)(F)F)C(F)(F)F. The van der Waals surface area contributed by atoms with E-state index in [0.717, 1.165) is 27.7 Å². The maximum absolute atomic E-state index is 13.9. The lowest BCUT2D eigenvalue weighted by molar-refractivity contribution is -0.357. The summed E-state index contributed by atoms with van der Waals surface area (Å²) in [7, 11) is -6.41. The molecule has 188 valence electrons. The van der Waals surface area contributed by atoms with Crippen molar-refractivity contribution in [2.75, 3.05) is 6.61 Å². The van der Waals surface area contributed by atoms with Crippen molar-refractivity contribution in [1.82, 2.24) is 4.90 Å². The van der Waals surface area contributed by atoms with Crippen LogP contribution in [0.1, 0.15) is 27.7 Å². The smallest absolute Gasteiger partial charge is 0.412 e. The molecule has 0 aliphatic carbocycles. The maximum Gasteiger partial charge on any atom is 0.466 e. The maximum atomic E-state index is 13.9. The van der Waals surface area contributed by atoms with Crippen molar-refractivity contribution in [3.63, 3.8) is 0 Å². The topological polar surface area (TPSA) is 110 Å². The Hall–Kier alpha value is -2.01. The Kier molecular flexibility index (Phi) is 8.87. The number of carbonyl (C=O) groups is 2. The van der Waals surface area contributed by atoms with Crippen molar-refractivity contribution in [3.05, 3.63) is 12.2 Å². The summed E-state index contributed by atoms with van der Waals surface area (Å²) in [5.74, 6) is -10.5. The molecule has 0 heterocycles. The van der Waals surface area contributed by atoms with Crippen LogP contribution in [-0.4, -0.2) is 71.8 Å². The van der Waals surface area contributed by atoms with Crippen LogP contribution < -0.4 is 0 Å². The molecular weight excluding hydrogens is 490 g/mol. The minimum Gasteiger partial charge on any atom is -0.412 e. The van der Waals surface area contributed by atoms with Gasteiger partial charge >= 0.3 is 45.4 Å². The first-order valence-corrected chi connectivity index (χ1v) is 9.74. The summed E-state index contributed by atoms with van der Waals surface area (Å²) in [4.78, 5) is 24.7. The largest absolute Gasteiger partial charge is 0.466 e. The molecule has 8 nitrogen and oxygen atoms in total. The van der Waals surface area contributed by atoms with Gasteiger partial charge in [-0.2, -0.15) is 43.5 Å². The molecule has 1 N–H and O–H groups in total. The third-order valence-electron chi connectivity index (χ3n) is 3.65. The number of carbonyl (C=O) groups excluding carboxylic acids is 2. The first kappa shape index (κ1) is 30.0. The lowest BCUT2D eigenvalue weighted by atomic mass is 10.1. The molecule has 32 heavy (non-hydrogen) atoms. The normalized spacial score (nSPS) is 15.5. The van der Waals surface area contributed by atoms with Crippen molar-refractivity contribution in [2.24, 2.45) is 0 Å². The average Bonchev–Trinajstić information content (AvgIpc) is 2.53. The molecule has 0 aliphatic heterocycles. The molecule has 0 rings (SSSR count). The van der Waals surface area contributed by atoms with Gasteiger partial charge in [0.2, 0.25) is 0 Å². The van der Waals surface area contributed by atoms with Crippen molar-refractivity contribution in [1.29, 1.82) is 0 Å². The van der Waals surface area contributed by atoms with Gasteiger partial charge in [-0.3, -0.25) is 9.35 Å². The van der Waals surface area contributed by atoms with Gasteiger partial charge in [0.25, 0.3) is 0 Å². The van der Waals surface area contributed by atoms with Crippen LogP contribution in [0, 0.1) is 0 Å². The molecule has 0 aromatic carbocycles. The predicted molar refractivity (Wildman–Crippen MR) is 89.6 cm³/mol. The summed E-state index contributed by atoms with van der Waals surface area (Å²) in [5.41, 5.74) is -2.55. The Balaban J connectivity index is 6.80. The van der Waals surface area contributed by atoms with Crippen LogP contribution in [0.2, 0.25) is 0 Å². The van der Waals surface area contributed by atoms with Gasteiger partial charge < -0.3 is 14.4 Å². The highest BCUT2D eigenvalue weighted by Gasteiger charge is 2.69. The fourth-order valence-electron chi connectivity index (χ4n) is 2.20. The zero-order chi connectivity index (χ0) is 26.1. The third-order valence-corrected chi connectivity index (χ3v) is 4.52. The van der Waals surface area contributed by atoms with Gasteiger partial charge in [-0.05, 0) is 27.7 Å². The Morgan fingerprint density at radius 2 is 1.38 bits per heavy atom. The minimum atomic E-state index is -6.41. The number of amides is 1. The zero-order valence-corrected chi connectivity index (χ0v) is 17.7. The Labute approximate surface area is 176 Å². The molecule has 0 saturated carbocycles. The van der Waals surface area contributed by atoms with E-state index in [-0.39, 0.29) is 4.90 Å². The molecule has 1 atom stereocenters. The second-order valence-electron chi connectivity index (χ2n) is 6.78. The second kappa shape index (κ2) is 9.46. The summed E-state index contributed by atoms with van der Waals surface area (Å²) in [5, 5.41) is -5.47. The van der Waals surface area contributed by atoms with E-state index in [4.69, 9.17) is 4.55 Å². The highest BCUT2D eigenvalue weighted by Crippen LogP contribution is 2.40. The highest BCUT2D eigenvalue weighted by molar-refractivity contribution is 7.86. The molecule has 0 radical (unpaired) electrons. The molecule has 1 amide bonds. The number of hydrogen-bond donors (Lipinski definition) is 1. The lowest BCUT2D eigenvalue weighted by Crippen LogP contribution is -2.65. The van der Waals surface area contributed by atoms with E-state index < -0.39 is 69.7 Å². The predicted octanol–water partition coefficient (Wildman–Crippen LogP) is 3.05. The van der Waals surface area contributed by atoms with Gasteiger partial charge in [0.1, 0.15) is 12.2 Å². The average molecular weight is 509 g/mol. The summed E-state index contributed by atoms with van der Waals surface area (Å²) in [6, 6.07) is -2.33. The van der Waals surface area contributed by atoms with E-state index >= 15 is 0 Å². The van der Waals surface area contributed by atoms with Crippen molar-refractivity contribution in [2.45, 2.75) is 63.2 Å². The number of alkyl halides is 8. The molecular formula is C15H19F8NO7S. The van der Waals surface area contributed by atoms with E-state index in [1.165, 1.54) is 0 Å². The first-order chi connectivity index (χ1) is 13.9. The Bertz CT molecular complexity index is 828. The van der Waals surface area contributed by atoms with Crippen LogP contribution >= 0.6 is 0 Å². The molecule has 0 aliphatic rings. The lowest BCUT2D eigenvalue weighted by Gasteiger charge is -2.40. The second-order valence-corrected chi connectivity index (χ2v) is 8.33. The summed E-state index contributed by atoms with van der Waals surface area (Å²) in [6.45, 7) is 3.77. The van der Waals surface area contributed by atoms with E-state index in [1.807, 2.05) is 0 Å². The zero-order valence-electron chi connectivity index (χ0n) is 16.8. The fraction of sp³-hybridized carbons (Fsp3) is 0.733. The van der Waals surface area contributed by atoms with E-state index in [1.54, 1.807) is 0 Å². The van der Waals surface area contributed by atoms with Crippen LogP contribution in [0.4, 0.5) is 35.1 Å². The van der Waals surface area contributed by atoms with Crippen LogP contribution in [-0.2, 0) is 29.2 Å². The molecule has 0 spiro atoms. The van der Waals surface area contributed by atoms with Crippen LogP contribution in [0.25, 0.3) is 0 Å². The van der Waals surface area contributed by atoms with Gasteiger partial charge in [-0.1, -0.05) is 6.58 Å². The quantitative estimate of drug-likeness (QED) is 0.167. The molecule has 17 heteroatoms. The van der Waals surface area contributed by atoms with Crippen molar-refractivity contribution < 1.29 is 67.2 Å². The van der Waals surface area contributed by atoms with Gasteiger partial charge in [0, 0.05) is 12.1 Å². The van der Waals surface area contributed by atoms with E-state index in [2.05, 4.69) is 16.1 Å². The fourth-order valence-corrected chi connectivity index (χ4v) is 2.41. The molecule has 0 aromatic heterocycles. The number of halogens is 8. The molecule has 0 bridgehead atoms. The van der Waals surface area contributed by atoms with Gasteiger partial charge in [0.05, 0.1) is 0 Å². The van der Waals surface area contributed by atoms with Crippen LogP contribution in [0.3, 0.4) is 0 Å². The standard InChI is InChI=1S/C15H19F8NO7S/c1-7(2)24(8(3)4)11(26)13(15(21,22)23,30-6-12(16,17)32(27,28)29)31-10(25)9(5)14(18,19)20/h7-8H,5-6H2,1-4H3,(H,27,28,29). The summed E-state index contributed by atoms with van der Waals surface area (Å²) in [6.07, 6.45) is -11.9. The number of ether oxygens (including phenoxy) is 2. The molecule has 0 saturated heterocycles. The Morgan fingerprint density at radius 1 is 0.969 bits per heavy atom. The van der Waals surface area contributed by atoms with Crippen molar-refractivity contribution >= 4 is 22.0 Å². The van der Waals surface area contributed by atoms with E-state index in [0.29, 0.717) is 0 Å².